The minimum Gasteiger partial charge on any atom is -0.392 e. The first-order chi connectivity index (χ1) is 9.65. The van der Waals surface area contributed by atoms with Crippen molar-refractivity contribution in [2.75, 3.05) is 37.6 Å². The maximum absolute atomic E-state index is 11.2. The molecule has 0 bridgehead atoms. The largest absolute Gasteiger partial charge is 0.392 e. The molecule has 20 heavy (non-hydrogen) atoms. The lowest BCUT2D eigenvalue weighted by Crippen LogP contribution is -2.31. The fraction of sp³-hybridized carbons (Fsp3) is 0.571. The molecule has 1 heterocycles. The van der Waals surface area contributed by atoms with Crippen molar-refractivity contribution in [1.82, 2.24) is 4.90 Å². The van der Waals surface area contributed by atoms with E-state index in [4.69, 9.17) is 0 Å². The van der Waals surface area contributed by atoms with Crippen LogP contribution in [0.15, 0.2) is 18.2 Å². The molecular formula is C14H21N3O3. The maximum atomic E-state index is 11.2. The number of nitrogens with zero attached hydrogens (tertiary/aromatic N) is 3. The minimum absolute atomic E-state index is 0.0973. The fourth-order valence-corrected chi connectivity index (χ4v) is 2.60. The Labute approximate surface area is 118 Å². The maximum Gasteiger partial charge on any atom is 0.292 e. The van der Waals surface area contributed by atoms with Gasteiger partial charge >= 0.3 is 0 Å². The Morgan fingerprint density at radius 1 is 1.30 bits per heavy atom. The number of hydrogen-bond donors (Lipinski definition) is 1. The topological polar surface area (TPSA) is 69.8 Å². The summed E-state index contributed by atoms with van der Waals surface area (Å²) in [7, 11) is 0. The molecule has 110 valence electrons. The molecule has 0 aromatic heterocycles. The Hall–Kier alpha value is -1.66. The molecule has 0 aliphatic carbocycles. The van der Waals surface area contributed by atoms with Gasteiger partial charge in [-0.15, -0.1) is 0 Å². The van der Waals surface area contributed by atoms with Crippen molar-refractivity contribution in [2.45, 2.75) is 20.0 Å². The van der Waals surface area contributed by atoms with Crippen molar-refractivity contribution in [3.63, 3.8) is 0 Å². The normalized spacial score (nSPS) is 17.0. The molecule has 0 atom stereocenters. The van der Waals surface area contributed by atoms with Crippen molar-refractivity contribution in [3.05, 3.63) is 33.9 Å². The van der Waals surface area contributed by atoms with E-state index in [2.05, 4.69) is 16.7 Å². The molecule has 0 saturated carbocycles. The van der Waals surface area contributed by atoms with Crippen LogP contribution in [0.2, 0.25) is 0 Å². The highest BCUT2D eigenvalue weighted by Gasteiger charge is 2.22. The third kappa shape index (κ3) is 3.26. The average Bonchev–Trinajstić information content (AvgIpc) is 2.71. The van der Waals surface area contributed by atoms with E-state index >= 15 is 0 Å². The van der Waals surface area contributed by atoms with Gasteiger partial charge in [0.25, 0.3) is 5.69 Å². The molecule has 0 unspecified atom stereocenters. The third-order valence-electron chi connectivity index (χ3n) is 3.80. The molecule has 6 nitrogen and oxygen atoms in total. The quantitative estimate of drug-likeness (QED) is 0.670. The summed E-state index contributed by atoms with van der Waals surface area (Å²) in [5.41, 5.74) is 1.45. The fourth-order valence-electron chi connectivity index (χ4n) is 2.60. The van der Waals surface area contributed by atoms with Gasteiger partial charge < -0.3 is 14.9 Å². The first-order valence-corrected chi connectivity index (χ1v) is 7.01. The standard InChI is InChI=1S/C14H21N3O3/c1-2-15-6-3-7-16(9-8-15)14-10-12(11-18)4-5-13(14)17(19)20/h4-5,10,18H,2-3,6-9,11H2,1H3. The highest BCUT2D eigenvalue weighted by Crippen LogP contribution is 2.30. The zero-order chi connectivity index (χ0) is 14.5. The van der Waals surface area contributed by atoms with Crippen LogP contribution in [-0.4, -0.2) is 47.7 Å². The van der Waals surface area contributed by atoms with Crippen LogP contribution < -0.4 is 4.90 Å². The van der Waals surface area contributed by atoms with Gasteiger partial charge in [-0.05, 0) is 37.2 Å². The lowest BCUT2D eigenvalue weighted by molar-refractivity contribution is -0.384. The van der Waals surface area contributed by atoms with Gasteiger partial charge in [0.05, 0.1) is 11.5 Å². The molecule has 0 amide bonds. The lowest BCUT2D eigenvalue weighted by atomic mass is 10.1. The van der Waals surface area contributed by atoms with Crippen LogP contribution in [0.3, 0.4) is 0 Å². The zero-order valence-electron chi connectivity index (χ0n) is 11.8. The van der Waals surface area contributed by atoms with Crippen molar-refractivity contribution in [1.29, 1.82) is 0 Å². The summed E-state index contributed by atoms with van der Waals surface area (Å²) in [6.45, 7) is 6.57. The number of anilines is 1. The number of hydrogen-bond acceptors (Lipinski definition) is 5. The molecule has 1 aromatic carbocycles. The zero-order valence-corrected chi connectivity index (χ0v) is 11.8. The van der Waals surface area contributed by atoms with Crippen molar-refractivity contribution in [3.8, 4) is 0 Å². The van der Waals surface area contributed by atoms with E-state index < -0.39 is 0 Å². The summed E-state index contributed by atoms with van der Waals surface area (Å²) in [5.74, 6) is 0. The smallest absolute Gasteiger partial charge is 0.292 e. The number of aliphatic hydroxyl groups excluding tert-OH is 1. The van der Waals surface area contributed by atoms with Gasteiger partial charge in [0.1, 0.15) is 5.69 Å². The monoisotopic (exact) mass is 279 g/mol. The van der Waals surface area contributed by atoms with Gasteiger partial charge in [0.15, 0.2) is 0 Å². The van der Waals surface area contributed by atoms with E-state index in [1.54, 1.807) is 12.1 Å². The second-order valence-corrected chi connectivity index (χ2v) is 5.01. The number of likely N-dealkylation sites (N-methyl/N-ethyl adjacent to an activating group) is 1. The number of aliphatic hydroxyl groups is 1. The van der Waals surface area contributed by atoms with Gasteiger partial charge in [-0.3, -0.25) is 10.1 Å². The second kappa shape index (κ2) is 6.67. The Morgan fingerprint density at radius 3 is 2.75 bits per heavy atom. The summed E-state index contributed by atoms with van der Waals surface area (Å²) in [6.07, 6.45) is 0.994. The number of benzene rings is 1. The van der Waals surface area contributed by atoms with E-state index in [1.807, 2.05) is 0 Å². The minimum atomic E-state index is -0.348. The van der Waals surface area contributed by atoms with E-state index in [9.17, 15) is 15.2 Å². The van der Waals surface area contributed by atoms with Crippen molar-refractivity contribution in [2.24, 2.45) is 0 Å². The highest BCUT2D eigenvalue weighted by atomic mass is 16.6. The van der Waals surface area contributed by atoms with Crippen molar-refractivity contribution < 1.29 is 10.0 Å². The van der Waals surface area contributed by atoms with Gasteiger partial charge in [-0.25, -0.2) is 0 Å². The molecule has 1 saturated heterocycles. The first-order valence-electron chi connectivity index (χ1n) is 7.01. The van der Waals surface area contributed by atoms with Crippen LogP contribution in [0.5, 0.6) is 0 Å². The highest BCUT2D eigenvalue weighted by molar-refractivity contribution is 5.64. The average molecular weight is 279 g/mol. The van der Waals surface area contributed by atoms with E-state index in [-0.39, 0.29) is 17.2 Å². The molecule has 1 N–H and O–H groups in total. The molecule has 0 spiro atoms. The molecule has 1 fully saturated rings. The molecule has 6 heteroatoms. The van der Waals surface area contributed by atoms with Crippen LogP contribution in [0.25, 0.3) is 0 Å². The SMILES string of the molecule is CCN1CCCN(c2cc(CO)ccc2[N+](=O)[O-])CC1. The first kappa shape index (κ1) is 14.7. The lowest BCUT2D eigenvalue weighted by Gasteiger charge is -2.23. The van der Waals surface area contributed by atoms with Crippen LogP contribution in [0.4, 0.5) is 11.4 Å². The Balaban J connectivity index is 2.27. The van der Waals surface area contributed by atoms with Crippen LogP contribution >= 0.6 is 0 Å². The molecular weight excluding hydrogens is 258 g/mol. The number of nitro groups is 1. The molecule has 1 aliphatic rings. The van der Waals surface area contributed by atoms with Gasteiger partial charge in [0, 0.05) is 25.7 Å². The van der Waals surface area contributed by atoms with E-state index in [1.165, 1.54) is 6.07 Å². The predicted octanol–water partition coefficient (Wildman–Crippen LogP) is 1.62. The summed E-state index contributed by atoms with van der Waals surface area (Å²) in [6, 6.07) is 4.83. The van der Waals surface area contributed by atoms with E-state index in [0.29, 0.717) is 11.3 Å². The van der Waals surface area contributed by atoms with Gasteiger partial charge in [-0.2, -0.15) is 0 Å². The Kier molecular flexibility index (Phi) is 4.92. The predicted molar refractivity (Wildman–Crippen MR) is 78.0 cm³/mol. The van der Waals surface area contributed by atoms with Gasteiger partial charge in [0.2, 0.25) is 0 Å². The summed E-state index contributed by atoms with van der Waals surface area (Å²) >= 11 is 0. The Bertz CT molecular complexity index is 479. The van der Waals surface area contributed by atoms with Gasteiger partial charge in [-0.1, -0.05) is 6.92 Å². The molecule has 1 aliphatic heterocycles. The number of rotatable bonds is 4. The summed E-state index contributed by atoms with van der Waals surface area (Å²) < 4.78 is 0. The third-order valence-corrected chi connectivity index (χ3v) is 3.80. The molecule has 2 rings (SSSR count). The molecule has 0 radical (unpaired) electrons. The van der Waals surface area contributed by atoms with Crippen LogP contribution in [0.1, 0.15) is 18.9 Å². The molecule has 1 aromatic rings. The summed E-state index contributed by atoms with van der Waals surface area (Å²) in [4.78, 5) is 15.2. The summed E-state index contributed by atoms with van der Waals surface area (Å²) in [5, 5.41) is 20.4. The number of nitro benzene ring substituents is 1. The van der Waals surface area contributed by atoms with Crippen molar-refractivity contribution >= 4 is 11.4 Å². The van der Waals surface area contributed by atoms with E-state index in [0.717, 1.165) is 39.1 Å². The second-order valence-electron chi connectivity index (χ2n) is 5.01. The Morgan fingerprint density at radius 2 is 2.10 bits per heavy atom. The van der Waals surface area contributed by atoms with Crippen LogP contribution in [-0.2, 0) is 6.61 Å². The van der Waals surface area contributed by atoms with Crippen LogP contribution in [0, 0.1) is 10.1 Å².